The molecular weight excluding hydrogens is 389 g/mol. The minimum Gasteiger partial charge on any atom is -0.487 e. The summed E-state index contributed by atoms with van der Waals surface area (Å²) in [7, 11) is 1.64. The molecular formula is C21H18FN5O3. The van der Waals surface area contributed by atoms with Gasteiger partial charge in [-0.25, -0.2) is 9.24 Å². The highest BCUT2D eigenvalue weighted by molar-refractivity contribution is 6.04. The zero-order chi connectivity index (χ0) is 21.5. The fourth-order valence-electron chi connectivity index (χ4n) is 3.23. The lowest BCUT2D eigenvalue weighted by molar-refractivity contribution is 0.102. The summed E-state index contributed by atoms with van der Waals surface area (Å²) >= 11 is 0. The summed E-state index contributed by atoms with van der Waals surface area (Å²) in [5.41, 5.74) is 0.518. The van der Waals surface area contributed by atoms with Crippen LogP contribution < -0.4 is 14.8 Å². The highest BCUT2D eigenvalue weighted by Gasteiger charge is 2.34. The number of anilines is 1. The molecule has 152 valence electrons. The minimum absolute atomic E-state index is 0.0888. The number of benzene rings is 2. The number of carbonyl (C=O) groups is 1. The van der Waals surface area contributed by atoms with Gasteiger partial charge in [0.05, 0.1) is 12.8 Å². The number of aryl methyl sites for hydroxylation is 1. The summed E-state index contributed by atoms with van der Waals surface area (Å²) in [6, 6.07) is 7.23. The molecule has 0 radical (unpaired) electrons. The normalized spacial score (nSPS) is 13.8. The first kappa shape index (κ1) is 19.4. The van der Waals surface area contributed by atoms with Gasteiger partial charge in [0.25, 0.3) is 5.91 Å². The van der Waals surface area contributed by atoms with E-state index < -0.39 is 17.3 Å². The zero-order valence-corrected chi connectivity index (χ0v) is 16.6. The van der Waals surface area contributed by atoms with Crippen LogP contribution >= 0.6 is 0 Å². The fraction of sp³-hybridized carbons (Fsp3) is 0.238. The third-order valence-electron chi connectivity index (χ3n) is 4.53. The Labute approximate surface area is 172 Å². The van der Waals surface area contributed by atoms with E-state index in [1.165, 1.54) is 23.1 Å². The molecule has 2 heterocycles. The van der Waals surface area contributed by atoms with Gasteiger partial charge in [-0.05, 0) is 38.1 Å². The van der Waals surface area contributed by atoms with Crippen LogP contribution in [-0.2, 0) is 13.5 Å². The number of aromatic nitrogens is 3. The molecule has 0 atom stereocenters. The van der Waals surface area contributed by atoms with Crippen molar-refractivity contribution in [3.05, 3.63) is 64.9 Å². The second kappa shape index (κ2) is 7.15. The summed E-state index contributed by atoms with van der Waals surface area (Å²) in [5, 5.41) is 10.6. The molecule has 0 fully saturated rings. The molecule has 1 aromatic heterocycles. The second-order valence-electron chi connectivity index (χ2n) is 7.49. The van der Waals surface area contributed by atoms with E-state index in [2.05, 4.69) is 20.4 Å². The molecule has 2 aromatic carbocycles. The molecule has 1 aliphatic heterocycles. The van der Waals surface area contributed by atoms with Gasteiger partial charge in [0.2, 0.25) is 5.69 Å². The van der Waals surface area contributed by atoms with Gasteiger partial charge in [-0.3, -0.25) is 4.79 Å². The Bertz CT molecular complexity index is 1200. The Morgan fingerprint density at radius 1 is 1.37 bits per heavy atom. The highest BCUT2D eigenvalue weighted by Crippen LogP contribution is 2.43. The van der Waals surface area contributed by atoms with Crippen molar-refractivity contribution in [3.63, 3.8) is 0 Å². The maximum Gasteiger partial charge on any atom is 0.257 e. The standard InChI is InChI=1S/C21H18FN5O3/c1-21(2)10-14-17(29-13-5-6-16(23-3)15(22)9-13)7-12(8-18(14)30-21)20(28)25-19-11-24-27(4)26-19/h5-9,11H,10H2,1-2,4H3,(H,25,26,28). The predicted octanol–water partition coefficient (Wildman–Crippen LogP) is 4.26. The number of ether oxygens (including phenoxy) is 2. The van der Waals surface area contributed by atoms with Crippen LogP contribution in [0.5, 0.6) is 17.2 Å². The first-order valence-corrected chi connectivity index (χ1v) is 9.12. The number of carbonyl (C=O) groups excluding carboxylic acids is 1. The molecule has 0 aliphatic carbocycles. The molecule has 30 heavy (non-hydrogen) atoms. The van der Waals surface area contributed by atoms with Crippen molar-refractivity contribution in [2.75, 3.05) is 5.32 Å². The molecule has 9 heteroatoms. The summed E-state index contributed by atoms with van der Waals surface area (Å²) in [5.74, 6) is 0.359. The van der Waals surface area contributed by atoms with Crippen LogP contribution in [0, 0.1) is 12.4 Å². The fourth-order valence-corrected chi connectivity index (χ4v) is 3.23. The van der Waals surface area contributed by atoms with Gasteiger partial charge < -0.3 is 14.8 Å². The molecule has 1 N–H and O–H groups in total. The average Bonchev–Trinajstić information content (AvgIpc) is 3.22. The van der Waals surface area contributed by atoms with Gasteiger partial charge in [0.15, 0.2) is 5.82 Å². The van der Waals surface area contributed by atoms with Gasteiger partial charge in [-0.1, -0.05) is 0 Å². The van der Waals surface area contributed by atoms with Gasteiger partial charge in [0.1, 0.15) is 28.7 Å². The smallest absolute Gasteiger partial charge is 0.257 e. The summed E-state index contributed by atoms with van der Waals surface area (Å²) in [6.07, 6.45) is 2.00. The predicted molar refractivity (Wildman–Crippen MR) is 107 cm³/mol. The molecule has 0 saturated carbocycles. The molecule has 8 nitrogen and oxygen atoms in total. The summed E-state index contributed by atoms with van der Waals surface area (Å²) < 4.78 is 25.9. The lowest BCUT2D eigenvalue weighted by Crippen LogP contribution is -2.24. The van der Waals surface area contributed by atoms with Crippen molar-refractivity contribution >= 4 is 17.4 Å². The van der Waals surface area contributed by atoms with Crippen LogP contribution in [0.1, 0.15) is 29.8 Å². The van der Waals surface area contributed by atoms with Crippen LogP contribution in [0.2, 0.25) is 0 Å². The van der Waals surface area contributed by atoms with Gasteiger partial charge in [-0.2, -0.15) is 9.90 Å². The highest BCUT2D eigenvalue weighted by atomic mass is 19.1. The number of nitrogens with zero attached hydrogens (tertiary/aromatic N) is 4. The molecule has 0 saturated heterocycles. The van der Waals surface area contributed by atoms with Crippen molar-refractivity contribution in [2.24, 2.45) is 7.05 Å². The van der Waals surface area contributed by atoms with Crippen LogP contribution in [0.3, 0.4) is 0 Å². The minimum atomic E-state index is -0.674. The first-order chi connectivity index (χ1) is 14.2. The molecule has 4 rings (SSSR count). The van der Waals surface area contributed by atoms with Gasteiger partial charge >= 0.3 is 0 Å². The lowest BCUT2D eigenvalue weighted by atomic mass is 9.99. The second-order valence-corrected chi connectivity index (χ2v) is 7.49. The number of nitrogens with one attached hydrogen (secondary N) is 1. The van der Waals surface area contributed by atoms with E-state index in [1.54, 1.807) is 19.2 Å². The third kappa shape index (κ3) is 3.80. The summed E-state index contributed by atoms with van der Waals surface area (Å²) in [6.45, 7) is 10.8. The van der Waals surface area contributed by atoms with Crippen LogP contribution in [-0.4, -0.2) is 26.5 Å². The van der Waals surface area contributed by atoms with Crippen molar-refractivity contribution in [2.45, 2.75) is 25.9 Å². The van der Waals surface area contributed by atoms with E-state index >= 15 is 0 Å². The Balaban J connectivity index is 1.69. The molecule has 0 unspecified atom stereocenters. The third-order valence-corrected chi connectivity index (χ3v) is 4.53. The molecule has 1 aliphatic rings. The first-order valence-electron chi connectivity index (χ1n) is 9.12. The summed E-state index contributed by atoms with van der Waals surface area (Å²) in [4.78, 5) is 17.2. The van der Waals surface area contributed by atoms with Crippen LogP contribution in [0.15, 0.2) is 36.5 Å². The topological polar surface area (TPSA) is 82.6 Å². The SMILES string of the molecule is [C-]#[N+]c1ccc(Oc2cc(C(=O)Nc3cnn(C)n3)cc3c2CC(C)(C)O3)cc1F. The van der Waals surface area contributed by atoms with Gasteiger partial charge in [-0.15, -0.1) is 5.10 Å². The average molecular weight is 407 g/mol. The van der Waals surface area contributed by atoms with E-state index in [4.69, 9.17) is 16.0 Å². The molecule has 3 aromatic rings. The van der Waals surface area contributed by atoms with E-state index in [9.17, 15) is 9.18 Å². The molecule has 0 spiro atoms. The lowest BCUT2D eigenvalue weighted by Gasteiger charge is -2.16. The number of halogens is 1. The van der Waals surface area contributed by atoms with Crippen molar-refractivity contribution in [1.29, 1.82) is 0 Å². The van der Waals surface area contributed by atoms with Crippen molar-refractivity contribution in [1.82, 2.24) is 15.0 Å². The Hall–Kier alpha value is -3.93. The van der Waals surface area contributed by atoms with Crippen molar-refractivity contribution in [3.8, 4) is 17.2 Å². The van der Waals surface area contributed by atoms with E-state index in [0.29, 0.717) is 29.3 Å². The van der Waals surface area contributed by atoms with Crippen molar-refractivity contribution < 1.29 is 18.7 Å². The van der Waals surface area contributed by atoms with E-state index in [1.807, 2.05) is 13.8 Å². The Kier molecular flexibility index (Phi) is 4.62. The Morgan fingerprint density at radius 2 is 2.17 bits per heavy atom. The molecule has 0 bridgehead atoms. The quantitative estimate of drug-likeness (QED) is 0.654. The molecule has 1 amide bonds. The number of amides is 1. The number of fused-ring (bicyclic) bond motifs is 1. The zero-order valence-electron chi connectivity index (χ0n) is 16.6. The maximum atomic E-state index is 14.0. The number of hydrogen-bond acceptors (Lipinski definition) is 5. The Morgan fingerprint density at radius 3 is 2.83 bits per heavy atom. The largest absolute Gasteiger partial charge is 0.487 e. The number of rotatable bonds is 4. The van der Waals surface area contributed by atoms with E-state index in [-0.39, 0.29) is 11.4 Å². The monoisotopic (exact) mass is 407 g/mol. The van der Waals surface area contributed by atoms with Crippen LogP contribution in [0.25, 0.3) is 4.85 Å². The van der Waals surface area contributed by atoms with E-state index in [0.717, 1.165) is 11.6 Å². The van der Waals surface area contributed by atoms with Crippen LogP contribution in [0.4, 0.5) is 15.9 Å². The van der Waals surface area contributed by atoms with Gasteiger partial charge in [0, 0.05) is 30.7 Å². The maximum absolute atomic E-state index is 14.0. The number of hydrogen-bond donors (Lipinski definition) is 1.